The molecule has 30 heavy (non-hydrogen) atoms. The van der Waals surface area contributed by atoms with Crippen LogP contribution in [0.15, 0.2) is 41.8 Å². The van der Waals surface area contributed by atoms with Crippen molar-refractivity contribution in [1.82, 2.24) is 20.4 Å². The molecule has 0 radical (unpaired) electrons. The molecular weight excluding hydrogens is 407 g/mol. The van der Waals surface area contributed by atoms with Gasteiger partial charge in [-0.1, -0.05) is 18.2 Å². The number of piperazine rings is 1. The number of halogens is 1. The molecule has 1 saturated heterocycles. The predicted octanol–water partition coefficient (Wildman–Crippen LogP) is 1.64. The molecule has 0 atom stereocenters. The van der Waals surface area contributed by atoms with Gasteiger partial charge in [0.2, 0.25) is 11.8 Å². The first-order chi connectivity index (χ1) is 14.5. The molecule has 3 rings (SSSR count). The molecule has 1 aromatic carbocycles. The minimum absolute atomic E-state index is 0.0178. The molecule has 0 spiro atoms. The van der Waals surface area contributed by atoms with Gasteiger partial charge < -0.3 is 10.2 Å². The third-order valence-corrected chi connectivity index (χ3v) is 5.79. The van der Waals surface area contributed by atoms with Crippen LogP contribution >= 0.6 is 11.3 Å². The van der Waals surface area contributed by atoms with E-state index < -0.39 is 6.03 Å². The standard InChI is InChI=1S/C21H25FN4O3S/c22-17-5-3-16(4-6-17)14-20(28)26-11-9-25(10-12-26)15-19(27)24-21(29)23-8-7-18-2-1-13-30-18/h1-6,13H,7-12,14-15H2,(H2,23,24,27,29). The van der Waals surface area contributed by atoms with Gasteiger partial charge in [0, 0.05) is 37.6 Å². The highest BCUT2D eigenvalue weighted by atomic mass is 32.1. The molecule has 1 aliphatic rings. The Morgan fingerprint density at radius 3 is 2.43 bits per heavy atom. The topological polar surface area (TPSA) is 81.8 Å². The molecule has 1 fully saturated rings. The summed E-state index contributed by atoms with van der Waals surface area (Å²) < 4.78 is 13.0. The summed E-state index contributed by atoms with van der Waals surface area (Å²) in [5, 5.41) is 7.00. The molecule has 2 heterocycles. The van der Waals surface area contributed by atoms with Crippen LogP contribution in [-0.2, 0) is 22.4 Å². The fourth-order valence-corrected chi connectivity index (χ4v) is 3.92. The number of hydrogen-bond acceptors (Lipinski definition) is 5. The zero-order valence-electron chi connectivity index (χ0n) is 16.6. The molecule has 0 unspecified atom stereocenters. The van der Waals surface area contributed by atoms with Crippen LogP contribution in [0.3, 0.4) is 0 Å². The van der Waals surface area contributed by atoms with Crippen LogP contribution in [0.4, 0.5) is 9.18 Å². The summed E-state index contributed by atoms with van der Waals surface area (Å²) in [6, 6.07) is 9.37. The first-order valence-electron chi connectivity index (χ1n) is 9.84. The maximum Gasteiger partial charge on any atom is 0.321 e. The van der Waals surface area contributed by atoms with E-state index in [-0.39, 0.29) is 30.6 Å². The summed E-state index contributed by atoms with van der Waals surface area (Å²) in [5.74, 6) is -0.708. The van der Waals surface area contributed by atoms with E-state index in [1.54, 1.807) is 28.4 Å². The Hall–Kier alpha value is -2.78. The maximum absolute atomic E-state index is 13.0. The summed E-state index contributed by atoms with van der Waals surface area (Å²) in [4.78, 5) is 41.1. The summed E-state index contributed by atoms with van der Waals surface area (Å²) in [6.07, 6.45) is 0.958. The lowest BCUT2D eigenvalue weighted by molar-refractivity contribution is -0.132. The Morgan fingerprint density at radius 1 is 1.03 bits per heavy atom. The molecule has 0 aliphatic carbocycles. The van der Waals surface area contributed by atoms with Crippen LogP contribution < -0.4 is 10.6 Å². The summed E-state index contributed by atoms with van der Waals surface area (Å²) in [6.45, 7) is 2.72. The number of imide groups is 1. The molecule has 160 valence electrons. The zero-order valence-corrected chi connectivity index (χ0v) is 17.4. The van der Waals surface area contributed by atoms with Crippen molar-refractivity contribution in [2.45, 2.75) is 12.8 Å². The van der Waals surface area contributed by atoms with Gasteiger partial charge in [-0.25, -0.2) is 9.18 Å². The number of urea groups is 1. The van der Waals surface area contributed by atoms with Crippen LogP contribution in [0.2, 0.25) is 0 Å². The SMILES string of the molecule is O=C(CN1CCN(C(=O)Cc2ccc(F)cc2)CC1)NC(=O)NCCc1cccs1. The van der Waals surface area contributed by atoms with Gasteiger partial charge >= 0.3 is 6.03 Å². The zero-order chi connectivity index (χ0) is 21.3. The maximum atomic E-state index is 13.0. The number of rotatable bonds is 7. The van der Waals surface area contributed by atoms with E-state index in [1.165, 1.54) is 17.0 Å². The molecular formula is C21H25FN4O3S. The number of amides is 4. The number of nitrogens with zero attached hydrogens (tertiary/aromatic N) is 2. The average molecular weight is 433 g/mol. The van der Waals surface area contributed by atoms with Crippen molar-refractivity contribution in [3.63, 3.8) is 0 Å². The van der Waals surface area contributed by atoms with Crippen molar-refractivity contribution in [3.8, 4) is 0 Å². The second kappa shape index (κ2) is 10.8. The molecule has 0 bridgehead atoms. The van der Waals surface area contributed by atoms with Crippen LogP contribution in [0.1, 0.15) is 10.4 Å². The quantitative estimate of drug-likeness (QED) is 0.697. The van der Waals surface area contributed by atoms with Crippen molar-refractivity contribution >= 4 is 29.2 Å². The number of carbonyl (C=O) groups is 3. The Labute approximate surface area is 178 Å². The molecule has 1 aliphatic heterocycles. The smallest absolute Gasteiger partial charge is 0.321 e. The van der Waals surface area contributed by atoms with E-state index in [0.717, 1.165) is 12.0 Å². The monoisotopic (exact) mass is 432 g/mol. The van der Waals surface area contributed by atoms with Crippen LogP contribution in [0, 0.1) is 5.82 Å². The van der Waals surface area contributed by atoms with E-state index in [9.17, 15) is 18.8 Å². The van der Waals surface area contributed by atoms with Gasteiger partial charge in [-0.15, -0.1) is 11.3 Å². The second-order valence-electron chi connectivity index (χ2n) is 7.09. The van der Waals surface area contributed by atoms with E-state index in [1.807, 2.05) is 22.4 Å². The Kier molecular flexibility index (Phi) is 7.92. The third kappa shape index (κ3) is 6.93. The van der Waals surface area contributed by atoms with Crippen molar-refractivity contribution in [2.24, 2.45) is 0 Å². The predicted molar refractivity (Wildman–Crippen MR) is 113 cm³/mol. The van der Waals surface area contributed by atoms with Crippen molar-refractivity contribution in [1.29, 1.82) is 0 Å². The van der Waals surface area contributed by atoms with Gasteiger partial charge in [0.15, 0.2) is 0 Å². The number of nitrogens with one attached hydrogen (secondary N) is 2. The van der Waals surface area contributed by atoms with Crippen LogP contribution in [-0.4, -0.2) is 66.9 Å². The van der Waals surface area contributed by atoms with Crippen LogP contribution in [0.5, 0.6) is 0 Å². The van der Waals surface area contributed by atoms with E-state index >= 15 is 0 Å². The highest BCUT2D eigenvalue weighted by Gasteiger charge is 2.23. The number of benzene rings is 1. The van der Waals surface area contributed by atoms with Crippen LogP contribution in [0.25, 0.3) is 0 Å². The van der Waals surface area contributed by atoms with Gasteiger partial charge in [0.05, 0.1) is 13.0 Å². The number of hydrogen-bond donors (Lipinski definition) is 2. The largest absolute Gasteiger partial charge is 0.340 e. The lowest BCUT2D eigenvalue weighted by Gasteiger charge is -2.34. The third-order valence-electron chi connectivity index (χ3n) is 4.85. The van der Waals surface area contributed by atoms with Gasteiger partial charge in [0.1, 0.15) is 5.82 Å². The lowest BCUT2D eigenvalue weighted by atomic mass is 10.1. The fourth-order valence-electron chi connectivity index (χ4n) is 3.21. The highest BCUT2D eigenvalue weighted by molar-refractivity contribution is 7.09. The van der Waals surface area contributed by atoms with E-state index in [2.05, 4.69) is 10.6 Å². The summed E-state index contributed by atoms with van der Waals surface area (Å²) >= 11 is 1.63. The average Bonchev–Trinajstić information content (AvgIpc) is 3.23. The second-order valence-corrected chi connectivity index (χ2v) is 8.13. The Balaban J connectivity index is 1.32. The first kappa shape index (κ1) is 21.9. The minimum atomic E-state index is -0.496. The normalized spacial score (nSPS) is 14.4. The fraction of sp³-hybridized carbons (Fsp3) is 0.381. The summed E-state index contributed by atoms with van der Waals surface area (Å²) in [5.41, 5.74) is 0.772. The molecule has 2 aromatic rings. The van der Waals surface area contributed by atoms with Crippen molar-refractivity contribution in [2.75, 3.05) is 39.3 Å². The molecule has 0 saturated carbocycles. The van der Waals surface area contributed by atoms with Gasteiger partial charge in [-0.05, 0) is 35.6 Å². The van der Waals surface area contributed by atoms with Gasteiger partial charge in [-0.3, -0.25) is 19.8 Å². The number of thiophene rings is 1. The molecule has 7 nitrogen and oxygen atoms in total. The van der Waals surface area contributed by atoms with E-state index in [4.69, 9.17) is 0 Å². The first-order valence-corrected chi connectivity index (χ1v) is 10.7. The van der Waals surface area contributed by atoms with Gasteiger partial charge in [-0.2, -0.15) is 0 Å². The minimum Gasteiger partial charge on any atom is -0.340 e. The number of carbonyl (C=O) groups excluding carboxylic acids is 3. The molecule has 2 N–H and O–H groups in total. The summed E-state index contributed by atoms with van der Waals surface area (Å²) in [7, 11) is 0. The lowest BCUT2D eigenvalue weighted by Crippen LogP contribution is -2.52. The highest BCUT2D eigenvalue weighted by Crippen LogP contribution is 2.09. The Morgan fingerprint density at radius 2 is 1.77 bits per heavy atom. The molecule has 4 amide bonds. The van der Waals surface area contributed by atoms with Crippen molar-refractivity contribution in [3.05, 3.63) is 58.0 Å². The van der Waals surface area contributed by atoms with Crippen molar-refractivity contribution < 1.29 is 18.8 Å². The molecule has 9 heteroatoms. The molecule has 1 aromatic heterocycles. The van der Waals surface area contributed by atoms with Gasteiger partial charge in [0.25, 0.3) is 0 Å². The Bertz CT molecular complexity index is 850. The van der Waals surface area contributed by atoms with E-state index in [0.29, 0.717) is 32.7 Å².